The highest BCUT2D eigenvalue weighted by molar-refractivity contribution is 7.89. The Balaban J connectivity index is 1.51. The lowest BCUT2D eigenvalue weighted by Crippen LogP contribution is -2.46. The minimum absolute atomic E-state index is 0.215. The number of rotatable bonds is 7. The predicted octanol–water partition coefficient (Wildman–Crippen LogP) is 3.01. The predicted molar refractivity (Wildman–Crippen MR) is 124 cm³/mol. The molecule has 32 heavy (non-hydrogen) atoms. The number of carbonyl (C=O) groups excluding carboxylic acids is 2. The third kappa shape index (κ3) is 6.31. The molecule has 1 atom stereocenters. The van der Waals surface area contributed by atoms with E-state index in [1.807, 2.05) is 6.92 Å². The number of piperidine rings is 1. The number of aryl methyl sites for hydroxylation is 1. The standard InChI is InChI=1S/C23H28ClN3O4S/c1-17-5-11-21(12-6-17)32(30,31)27-15-3-2-4-20(27)13-14-25-22(28)23(29)26-16-18-7-9-19(24)10-8-18/h5-12,20H,2-4,13-16H2,1H3,(H,25,28)(H,26,29)/t20-/m1/s1. The summed E-state index contributed by atoms with van der Waals surface area (Å²) in [6.07, 6.45) is 2.91. The highest BCUT2D eigenvalue weighted by Gasteiger charge is 2.33. The van der Waals surface area contributed by atoms with Gasteiger partial charge in [-0.05, 0) is 56.0 Å². The summed E-state index contributed by atoms with van der Waals surface area (Å²) in [7, 11) is -3.61. The molecule has 7 nitrogen and oxygen atoms in total. The van der Waals surface area contributed by atoms with E-state index < -0.39 is 21.8 Å². The van der Waals surface area contributed by atoms with Crippen LogP contribution in [-0.4, -0.2) is 43.7 Å². The Morgan fingerprint density at radius 2 is 1.66 bits per heavy atom. The molecule has 0 aliphatic carbocycles. The second kappa shape index (κ2) is 10.9. The van der Waals surface area contributed by atoms with Gasteiger partial charge in [0.05, 0.1) is 4.90 Å². The molecule has 1 saturated heterocycles. The van der Waals surface area contributed by atoms with Crippen LogP contribution in [0.5, 0.6) is 0 Å². The first kappa shape index (κ1) is 24.2. The van der Waals surface area contributed by atoms with Crippen LogP contribution >= 0.6 is 11.6 Å². The Bertz CT molecular complexity index is 1040. The second-order valence-corrected chi connectivity index (χ2v) is 10.3. The van der Waals surface area contributed by atoms with Gasteiger partial charge in [-0.25, -0.2) is 8.42 Å². The summed E-state index contributed by atoms with van der Waals surface area (Å²) in [6.45, 7) is 2.80. The van der Waals surface area contributed by atoms with Crippen molar-refractivity contribution in [2.24, 2.45) is 0 Å². The Morgan fingerprint density at radius 1 is 1.00 bits per heavy atom. The third-order valence-corrected chi connectivity index (χ3v) is 7.75. The quantitative estimate of drug-likeness (QED) is 0.599. The number of nitrogens with one attached hydrogen (secondary N) is 2. The van der Waals surface area contributed by atoms with E-state index in [0.29, 0.717) is 18.0 Å². The fraction of sp³-hybridized carbons (Fsp3) is 0.391. The number of sulfonamides is 1. The molecule has 2 N–H and O–H groups in total. The van der Waals surface area contributed by atoms with Gasteiger partial charge in [-0.2, -0.15) is 4.31 Å². The van der Waals surface area contributed by atoms with Crippen molar-refractivity contribution in [3.63, 3.8) is 0 Å². The van der Waals surface area contributed by atoms with Crippen LogP contribution < -0.4 is 10.6 Å². The van der Waals surface area contributed by atoms with Crippen LogP contribution in [0.3, 0.4) is 0 Å². The van der Waals surface area contributed by atoms with Crippen molar-refractivity contribution in [3.8, 4) is 0 Å². The van der Waals surface area contributed by atoms with E-state index in [0.717, 1.165) is 30.4 Å². The fourth-order valence-corrected chi connectivity index (χ4v) is 5.57. The minimum Gasteiger partial charge on any atom is -0.348 e. The van der Waals surface area contributed by atoms with Crippen molar-refractivity contribution in [3.05, 3.63) is 64.7 Å². The SMILES string of the molecule is Cc1ccc(S(=O)(=O)N2CCCC[C@@H]2CCNC(=O)C(=O)NCc2ccc(Cl)cc2)cc1. The minimum atomic E-state index is -3.61. The number of hydrogen-bond donors (Lipinski definition) is 2. The molecule has 0 bridgehead atoms. The van der Waals surface area contributed by atoms with Crippen LogP contribution in [0.4, 0.5) is 0 Å². The summed E-state index contributed by atoms with van der Waals surface area (Å²) in [4.78, 5) is 24.4. The first-order valence-electron chi connectivity index (χ1n) is 10.7. The van der Waals surface area contributed by atoms with Crippen LogP contribution in [0, 0.1) is 6.92 Å². The molecule has 0 saturated carbocycles. The molecule has 172 valence electrons. The number of halogens is 1. The molecule has 1 heterocycles. The molecular formula is C23H28ClN3O4S. The van der Waals surface area contributed by atoms with E-state index in [2.05, 4.69) is 10.6 Å². The topological polar surface area (TPSA) is 95.6 Å². The highest BCUT2D eigenvalue weighted by atomic mass is 35.5. The van der Waals surface area contributed by atoms with Crippen molar-refractivity contribution in [1.82, 2.24) is 14.9 Å². The van der Waals surface area contributed by atoms with Gasteiger partial charge < -0.3 is 10.6 Å². The highest BCUT2D eigenvalue weighted by Crippen LogP contribution is 2.27. The van der Waals surface area contributed by atoms with E-state index in [-0.39, 0.29) is 24.0 Å². The van der Waals surface area contributed by atoms with E-state index >= 15 is 0 Å². The normalized spacial score (nSPS) is 17.0. The van der Waals surface area contributed by atoms with Crippen molar-refractivity contribution in [2.75, 3.05) is 13.1 Å². The molecule has 2 amide bonds. The summed E-state index contributed by atoms with van der Waals surface area (Å²) in [5.74, 6) is -1.46. The van der Waals surface area contributed by atoms with Crippen molar-refractivity contribution >= 4 is 33.4 Å². The zero-order valence-electron chi connectivity index (χ0n) is 18.0. The van der Waals surface area contributed by atoms with Crippen molar-refractivity contribution in [2.45, 2.75) is 50.1 Å². The van der Waals surface area contributed by atoms with Crippen molar-refractivity contribution < 1.29 is 18.0 Å². The molecule has 0 radical (unpaired) electrons. The average Bonchev–Trinajstić information content (AvgIpc) is 2.79. The van der Waals surface area contributed by atoms with E-state index in [4.69, 9.17) is 11.6 Å². The van der Waals surface area contributed by atoms with Crippen LogP contribution in [0.25, 0.3) is 0 Å². The summed E-state index contributed by atoms with van der Waals surface area (Å²) < 4.78 is 27.8. The lowest BCUT2D eigenvalue weighted by Gasteiger charge is -2.34. The first-order chi connectivity index (χ1) is 15.3. The number of hydrogen-bond acceptors (Lipinski definition) is 4. The molecule has 2 aromatic carbocycles. The van der Waals surface area contributed by atoms with Gasteiger partial charge in [0.15, 0.2) is 0 Å². The van der Waals surface area contributed by atoms with Gasteiger partial charge in [-0.3, -0.25) is 9.59 Å². The molecule has 1 fully saturated rings. The first-order valence-corrected chi connectivity index (χ1v) is 12.5. The van der Waals surface area contributed by atoms with Crippen LogP contribution in [0.15, 0.2) is 53.4 Å². The van der Waals surface area contributed by atoms with Gasteiger partial charge in [0.25, 0.3) is 0 Å². The van der Waals surface area contributed by atoms with Crippen LogP contribution in [0.1, 0.15) is 36.8 Å². The smallest absolute Gasteiger partial charge is 0.309 e. The number of nitrogens with zero attached hydrogens (tertiary/aromatic N) is 1. The Labute approximate surface area is 194 Å². The lowest BCUT2D eigenvalue weighted by atomic mass is 10.0. The summed E-state index contributed by atoms with van der Waals surface area (Å²) in [5.41, 5.74) is 1.82. The number of benzene rings is 2. The summed E-state index contributed by atoms with van der Waals surface area (Å²) in [6, 6.07) is 13.6. The van der Waals surface area contributed by atoms with E-state index in [1.165, 1.54) is 4.31 Å². The van der Waals surface area contributed by atoms with Crippen LogP contribution in [0.2, 0.25) is 5.02 Å². The Morgan fingerprint density at radius 3 is 2.34 bits per heavy atom. The Kier molecular flexibility index (Phi) is 8.28. The Hall–Kier alpha value is -2.42. The van der Waals surface area contributed by atoms with Crippen LogP contribution in [-0.2, 0) is 26.2 Å². The maximum absolute atomic E-state index is 13.1. The molecule has 1 aliphatic rings. The van der Waals surface area contributed by atoms with E-state index in [9.17, 15) is 18.0 Å². The molecule has 2 aromatic rings. The lowest BCUT2D eigenvalue weighted by molar-refractivity contribution is -0.139. The zero-order chi connectivity index (χ0) is 23.1. The molecule has 3 rings (SSSR count). The number of amides is 2. The summed E-state index contributed by atoms with van der Waals surface area (Å²) >= 11 is 5.83. The molecular weight excluding hydrogens is 450 g/mol. The molecule has 0 spiro atoms. The molecule has 0 unspecified atom stereocenters. The van der Waals surface area contributed by atoms with Crippen molar-refractivity contribution in [1.29, 1.82) is 0 Å². The van der Waals surface area contributed by atoms with Gasteiger partial charge in [-0.15, -0.1) is 0 Å². The maximum Gasteiger partial charge on any atom is 0.309 e. The van der Waals surface area contributed by atoms with E-state index in [1.54, 1.807) is 48.5 Å². The van der Waals surface area contributed by atoms with Gasteiger partial charge in [-0.1, -0.05) is 47.9 Å². The average molecular weight is 478 g/mol. The molecule has 0 aromatic heterocycles. The molecule has 1 aliphatic heterocycles. The third-order valence-electron chi connectivity index (χ3n) is 5.54. The fourth-order valence-electron chi connectivity index (χ4n) is 3.72. The van der Waals surface area contributed by atoms with Gasteiger partial charge >= 0.3 is 11.8 Å². The largest absolute Gasteiger partial charge is 0.348 e. The van der Waals surface area contributed by atoms with Gasteiger partial charge in [0, 0.05) is 30.7 Å². The monoisotopic (exact) mass is 477 g/mol. The second-order valence-electron chi connectivity index (χ2n) is 7.93. The zero-order valence-corrected chi connectivity index (χ0v) is 19.6. The molecule has 9 heteroatoms. The van der Waals surface area contributed by atoms with Gasteiger partial charge in [0.1, 0.15) is 0 Å². The number of carbonyl (C=O) groups is 2. The maximum atomic E-state index is 13.1. The summed E-state index contributed by atoms with van der Waals surface area (Å²) in [5, 5.41) is 5.76. The van der Waals surface area contributed by atoms with Gasteiger partial charge in [0.2, 0.25) is 10.0 Å².